The Morgan fingerprint density at radius 1 is 1.05 bits per heavy atom. The minimum atomic E-state index is -6.00. The van der Waals surface area contributed by atoms with E-state index in [4.69, 9.17) is 10.2 Å². The molecule has 0 amide bonds. The second kappa shape index (κ2) is 11.0. The molecule has 0 aromatic heterocycles. The summed E-state index contributed by atoms with van der Waals surface area (Å²) >= 11 is 3.32. The average molecular weight is 407 g/mol. The Balaban J connectivity index is 0.000000763. The number of carbonyl (C=O) groups excluding carboxylic acids is 1. The van der Waals surface area contributed by atoms with Crippen molar-refractivity contribution >= 4 is 39.9 Å². The van der Waals surface area contributed by atoms with Crippen LogP contribution in [-0.4, -0.2) is 53.7 Å². The predicted molar refractivity (Wildman–Crippen MR) is 84.8 cm³/mol. The van der Waals surface area contributed by atoms with Crippen LogP contribution in [0.3, 0.4) is 0 Å². The molecule has 0 heterocycles. The molecule has 0 atom stereocenters. The zero-order chi connectivity index (χ0) is 17.2. The summed E-state index contributed by atoms with van der Waals surface area (Å²) in [5, 5.41) is 17.8. The highest BCUT2D eigenvalue weighted by Gasteiger charge is 2.22. The molecule has 0 aliphatic rings. The van der Waals surface area contributed by atoms with E-state index in [1.165, 1.54) is 0 Å². The van der Waals surface area contributed by atoms with E-state index in [-0.39, 0.29) is 29.9 Å². The van der Waals surface area contributed by atoms with E-state index in [0.29, 0.717) is 22.8 Å². The fourth-order valence-corrected chi connectivity index (χ4v) is 3.22. The first-order chi connectivity index (χ1) is 10.2. The standard InChI is InChI=1S/C12H16BrO3S.BF4/c13-11-3-1-10(2-4-11)12(16)9-17(7-5-14)8-6-15;2-1(3,4)5/h1-4,14-15H,5-9H2;/q+1;-1. The van der Waals surface area contributed by atoms with Gasteiger partial charge in [-0.05, 0) is 12.1 Å². The number of hydrogen-bond donors (Lipinski definition) is 2. The van der Waals surface area contributed by atoms with Gasteiger partial charge in [0.1, 0.15) is 11.5 Å². The first-order valence-electron chi connectivity index (χ1n) is 6.19. The highest BCUT2D eigenvalue weighted by atomic mass is 79.9. The topological polar surface area (TPSA) is 57.5 Å². The lowest BCUT2D eigenvalue weighted by molar-refractivity contribution is 0.102. The molecule has 1 rings (SSSR count). The Kier molecular flexibility index (Phi) is 10.7. The van der Waals surface area contributed by atoms with E-state index in [2.05, 4.69) is 15.9 Å². The molecule has 0 aliphatic carbocycles. The van der Waals surface area contributed by atoms with Crippen molar-refractivity contribution in [3.63, 3.8) is 0 Å². The molecule has 22 heavy (non-hydrogen) atoms. The summed E-state index contributed by atoms with van der Waals surface area (Å²) in [4.78, 5) is 11.9. The Labute approximate surface area is 137 Å². The van der Waals surface area contributed by atoms with Crippen LogP contribution in [0.1, 0.15) is 10.4 Å². The highest BCUT2D eigenvalue weighted by molar-refractivity contribution is 9.10. The molecule has 0 radical (unpaired) electrons. The minimum Gasteiger partial charge on any atom is -0.418 e. The van der Waals surface area contributed by atoms with E-state index in [0.717, 1.165) is 4.47 Å². The van der Waals surface area contributed by atoms with Crippen molar-refractivity contribution in [2.24, 2.45) is 0 Å². The normalized spacial score (nSPS) is 11.1. The van der Waals surface area contributed by atoms with Gasteiger partial charge >= 0.3 is 7.25 Å². The van der Waals surface area contributed by atoms with Gasteiger partial charge in [-0.25, -0.2) is 0 Å². The maximum absolute atomic E-state index is 11.9. The molecule has 2 N–H and O–H groups in total. The molecule has 10 heteroatoms. The maximum atomic E-state index is 11.9. The van der Waals surface area contributed by atoms with Crippen LogP contribution in [0.5, 0.6) is 0 Å². The van der Waals surface area contributed by atoms with Gasteiger partial charge in [-0.1, -0.05) is 28.1 Å². The van der Waals surface area contributed by atoms with Crippen LogP contribution in [-0.2, 0) is 10.9 Å². The first kappa shape index (κ1) is 21.4. The third kappa shape index (κ3) is 12.0. The van der Waals surface area contributed by atoms with E-state index in [1.807, 2.05) is 12.1 Å². The zero-order valence-electron chi connectivity index (χ0n) is 11.5. The number of ketones is 1. The number of Topliss-reactive ketones (excluding diaryl/α,β-unsaturated/α-hetero) is 1. The Bertz CT molecular complexity index is 433. The van der Waals surface area contributed by atoms with Crippen LogP contribution in [0.4, 0.5) is 17.3 Å². The second-order valence-corrected chi connectivity index (χ2v) is 7.28. The SMILES string of the molecule is F[B-](F)(F)F.O=C(C[S+](CCO)CCO)c1ccc(Br)cc1. The van der Waals surface area contributed by atoms with Crippen LogP contribution >= 0.6 is 15.9 Å². The number of aliphatic hydroxyl groups excluding tert-OH is 2. The van der Waals surface area contributed by atoms with E-state index in [9.17, 15) is 22.1 Å². The van der Waals surface area contributed by atoms with Gasteiger partial charge in [0.25, 0.3) is 0 Å². The Morgan fingerprint density at radius 3 is 1.82 bits per heavy atom. The van der Waals surface area contributed by atoms with E-state index >= 15 is 0 Å². The lowest BCUT2D eigenvalue weighted by Crippen LogP contribution is -2.25. The molecule has 3 nitrogen and oxygen atoms in total. The molecule has 1 aromatic carbocycles. The van der Waals surface area contributed by atoms with Gasteiger partial charge < -0.3 is 27.5 Å². The molecule has 0 aliphatic heterocycles. The van der Waals surface area contributed by atoms with Crippen molar-refractivity contribution in [3.8, 4) is 0 Å². The summed E-state index contributed by atoms with van der Waals surface area (Å²) in [5.74, 6) is 1.65. The van der Waals surface area contributed by atoms with Gasteiger partial charge in [-0.3, -0.25) is 4.79 Å². The molecule has 0 saturated carbocycles. The summed E-state index contributed by atoms with van der Waals surface area (Å²) in [6.07, 6.45) is 0. The molecule has 0 unspecified atom stereocenters. The summed E-state index contributed by atoms with van der Waals surface area (Å²) in [5.41, 5.74) is 0.682. The van der Waals surface area contributed by atoms with E-state index in [1.54, 1.807) is 12.1 Å². The van der Waals surface area contributed by atoms with Crippen molar-refractivity contribution in [3.05, 3.63) is 34.3 Å². The average Bonchev–Trinajstić information content (AvgIpc) is 2.38. The zero-order valence-corrected chi connectivity index (χ0v) is 13.9. The minimum absolute atomic E-state index is 0.0662. The fourth-order valence-electron chi connectivity index (χ4n) is 1.41. The van der Waals surface area contributed by atoms with Crippen molar-refractivity contribution in [1.29, 1.82) is 0 Å². The molecule has 0 spiro atoms. The monoisotopic (exact) mass is 406 g/mol. The van der Waals surface area contributed by atoms with Crippen LogP contribution < -0.4 is 0 Å². The smallest absolute Gasteiger partial charge is 0.418 e. The molecular weight excluding hydrogens is 391 g/mol. The van der Waals surface area contributed by atoms with Crippen LogP contribution in [0, 0.1) is 0 Å². The molecule has 1 aromatic rings. The van der Waals surface area contributed by atoms with Crippen molar-refractivity contribution in [2.75, 3.05) is 30.5 Å². The van der Waals surface area contributed by atoms with Gasteiger partial charge in [0.2, 0.25) is 5.78 Å². The molecule has 0 saturated heterocycles. The third-order valence-electron chi connectivity index (χ3n) is 2.26. The largest absolute Gasteiger partial charge is 0.673 e. The first-order valence-corrected chi connectivity index (χ1v) is 8.71. The molecule has 0 fully saturated rings. The molecular formula is C12H16BBrF4O3S. The van der Waals surface area contributed by atoms with Gasteiger partial charge in [0, 0.05) is 20.9 Å². The second-order valence-electron chi connectivity index (χ2n) is 4.04. The van der Waals surface area contributed by atoms with Crippen LogP contribution in [0.25, 0.3) is 0 Å². The highest BCUT2D eigenvalue weighted by Crippen LogP contribution is 2.12. The predicted octanol–water partition coefficient (Wildman–Crippen LogP) is 2.53. The van der Waals surface area contributed by atoms with Crippen LogP contribution in [0.15, 0.2) is 28.7 Å². The maximum Gasteiger partial charge on any atom is 0.673 e. The lowest BCUT2D eigenvalue weighted by atomic mass is 10.2. The van der Waals surface area contributed by atoms with Gasteiger partial charge in [0.05, 0.1) is 13.2 Å². The fraction of sp³-hybridized carbons (Fsp3) is 0.417. The van der Waals surface area contributed by atoms with Crippen LogP contribution in [0.2, 0.25) is 0 Å². The Hall–Kier alpha value is -0.575. The lowest BCUT2D eigenvalue weighted by Gasteiger charge is -2.05. The van der Waals surface area contributed by atoms with Gasteiger partial charge in [-0.15, -0.1) is 0 Å². The van der Waals surface area contributed by atoms with Crippen molar-refractivity contribution < 1.29 is 32.3 Å². The van der Waals surface area contributed by atoms with Gasteiger partial charge in [-0.2, -0.15) is 0 Å². The summed E-state index contributed by atoms with van der Waals surface area (Å²) in [6.45, 7) is 0.132. The van der Waals surface area contributed by atoms with Gasteiger partial charge in [0.15, 0.2) is 5.75 Å². The summed E-state index contributed by atoms with van der Waals surface area (Å²) < 4.78 is 39.9. The number of aliphatic hydroxyl groups is 2. The third-order valence-corrected chi connectivity index (χ3v) is 4.98. The van der Waals surface area contributed by atoms with Crippen molar-refractivity contribution in [1.82, 2.24) is 0 Å². The Morgan fingerprint density at radius 2 is 1.45 bits per heavy atom. The number of benzene rings is 1. The number of hydrogen-bond acceptors (Lipinski definition) is 3. The number of halogens is 5. The summed E-state index contributed by atoms with van der Waals surface area (Å²) in [7, 11) is -6.22. The molecule has 126 valence electrons. The summed E-state index contributed by atoms with van der Waals surface area (Å²) in [6, 6.07) is 7.24. The number of rotatable bonds is 7. The molecule has 0 bridgehead atoms. The van der Waals surface area contributed by atoms with E-state index < -0.39 is 7.25 Å². The van der Waals surface area contributed by atoms with Crippen molar-refractivity contribution in [2.45, 2.75) is 0 Å². The number of carbonyl (C=O) groups is 1. The quantitative estimate of drug-likeness (QED) is 0.316.